The molecule has 0 aliphatic heterocycles. The third kappa shape index (κ3) is 3.70. The second-order valence-corrected chi connectivity index (χ2v) is 6.28. The molecule has 0 spiro atoms. The fourth-order valence-electron chi connectivity index (χ4n) is 2.90. The second-order valence-electron chi connectivity index (χ2n) is 5.87. The Hall–Kier alpha value is -1.13. The van der Waals surface area contributed by atoms with Gasteiger partial charge in [0.05, 0.1) is 4.92 Å². The lowest BCUT2D eigenvalue weighted by Gasteiger charge is -2.33. The van der Waals surface area contributed by atoms with E-state index in [4.69, 9.17) is 11.6 Å². The summed E-state index contributed by atoms with van der Waals surface area (Å²) >= 11 is 5.84. The van der Waals surface area contributed by atoms with Gasteiger partial charge in [-0.25, -0.2) is 0 Å². The molecule has 1 saturated carbocycles. The van der Waals surface area contributed by atoms with Gasteiger partial charge >= 0.3 is 0 Å². The fraction of sp³-hybridized carbons (Fsp3) is 0.600. The minimum absolute atomic E-state index is 0.00478. The van der Waals surface area contributed by atoms with Crippen molar-refractivity contribution in [2.24, 2.45) is 5.92 Å². The second kappa shape index (κ2) is 6.55. The number of nitrogens with zero attached hydrogens (tertiary/aromatic N) is 2. The van der Waals surface area contributed by atoms with Crippen molar-refractivity contribution in [3.05, 3.63) is 38.9 Å². The zero-order chi connectivity index (χ0) is 14.7. The molecule has 0 heterocycles. The first-order valence-corrected chi connectivity index (χ1v) is 7.48. The summed E-state index contributed by atoms with van der Waals surface area (Å²) in [5.41, 5.74) is 0.942. The first-order valence-electron chi connectivity index (χ1n) is 7.10. The van der Waals surface area contributed by atoms with Crippen LogP contribution in [0.4, 0.5) is 5.69 Å². The maximum Gasteiger partial charge on any atom is 0.288 e. The van der Waals surface area contributed by atoms with E-state index < -0.39 is 4.92 Å². The minimum atomic E-state index is -0.422. The van der Waals surface area contributed by atoms with Crippen LogP contribution in [0.5, 0.6) is 0 Å². The Morgan fingerprint density at radius 3 is 2.60 bits per heavy atom. The number of halogens is 1. The molecule has 0 radical (unpaired) electrons. The topological polar surface area (TPSA) is 46.4 Å². The van der Waals surface area contributed by atoms with Crippen LogP contribution in [-0.4, -0.2) is 22.9 Å². The third-order valence-corrected chi connectivity index (χ3v) is 4.57. The van der Waals surface area contributed by atoms with Crippen LogP contribution < -0.4 is 0 Å². The van der Waals surface area contributed by atoms with Crippen LogP contribution >= 0.6 is 11.6 Å². The minimum Gasteiger partial charge on any atom is -0.299 e. The van der Waals surface area contributed by atoms with E-state index in [1.165, 1.54) is 25.7 Å². The van der Waals surface area contributed by atoms with Gasteiger partial charge in [-0.15, -0.1) is 0 Å². The quantitative estimate of drug-likeness (QED) is 0.616. The molecule has 0 N–H and O–H groups in total. The van der Waals surface area contributed by atoms with Gasteiger partial charge in [-0.3, -0.25) is 15.0 Å². The van der Waals surface area contributed by atoms with Crippen LogP contribution in [0.15, 0.2) is 18.2 Å². The van der Waals surface area contributed by atoms with E-state index in [0.717, 1.165) is 18.0 Å². The fourth-order valence-corrected chi connectivity index (χ4v) is 3.08. The predicted octanol–water partition coefficient (Wildman–Crippen LogP) is 4.26. The molecule has 1 aromatic carbocycles. The van der Waals surface area contributed by atoms with Crippen molar-refractivity contribution >= 4 is 17.3 Å². The standard InChI is InChI=1S/C15H21ClN2O2/c1-11-3-6-13(7-4-11)17(2)10-12-5-8-14(16)15(9-12)18(19)20/h5,8-9,11,13H,3-4,6-7,10H2,1-2H3. The Labute approximate surface area is 124 Å². The van der Waals surface area contributed by atoms with Crippen molar-refractivity contribution in [3.8, 4) is 0 Å². The molecule has 0 amide bonds. The van der Waals surface area contributed by atoms with Crippen molar-refractivity contribution in [2.75, 3.05) is 7.05 Å². The van der Waals surface area contributed by atoms with Crippen LogP contribution in [0.2, 0.25) is 5.02 Å². The van der Waals surface area contributed by atoms with E-state index in [-0.39, 0.29) is 10.7 Å². The Kier molecular flexibility index (Phi) is 5.00. The molecule has 2 rings (SSSR count). The Balaban J connectivity index is 2.02. The molecular formula is C15H21ClN2O2. The Morgan fingerprint density at radius 1 is 1.35 bits per heavy atom. The highest BCUT2D eigenvalue weighted by Crippen LogP contribution is 2.29. The molecule has 110 valence electrons. The van der Waals surface area contributed by atoms with E-state index in [2.05, 4.69) is 18.9 Å². The Morgan fingerprint density at radius 2 is 2.00 bits per heavy atom. The first kappa shape index (κ1) is 15.3. The molecule has 5 heteroatoms. The highest BCUT2D eigenvalue weighted by Gasteiger charge is 2.22. The van der Waals surface area contributed by atoms with E-state index in [1.807, 2.05) is 6.07 Å². The summed E-state index contributed by atoms with van der Waals surface area (Å²) in [5.74, 6) is 0.830. The van der Waals surface area contributed by atoms with Crippen molar-refractivity contribution in [1.82, 2.24) is 4.90 Å². The molecular weight excluding hydrogens is 276 g/mol. The summed E-state index contributed by atoms with van der Waals surface area (Å²) in [7, 11) is 2.10. The summed E-state index contributed by atoms with van der Waals surface area (Å²) in [5, 5.41) is 11.1. The van der Waals surface area contributed by atoms with E-state index in [1.54, 1.807) is 12.1 Å². The molecule has 1 fully saturated rings. The normalized spacial score (nSPS) is 23.0. The van der Waals surface area contributed by atoms with Gasteiger partial charge in [0.25, 0.3) is 5.69 Å². The van der Waals surface area contributed by atoms with E-state index in [9.17, 15) is 10.1 Å². The van der Waals surface area contributed by atoms with Crippen LogP contribution in [0, 0.1) is 16.0 Å². The highest BCUT2D eigenvalue weighted by atomic mass is 35.5. The smallest absolute Gasteiger partial charge is 0.288 e. The van der Waals surface area contributed by atoms with Crippen LogP contribution in [0.3, 0.4) is 0 Å². The van der Waals surface area contributed by atoms with Crippen LogP contribution in [0.25, 0.3) is 0 Å². The van der Waals surface area contributed by atoms with Gasteiger partial charge in [0, 0.05) is 18.7 Å². The summed E-state index contributed by atoms with van der Waals surface area (Å²) in [4.78, 5) is 12.8. The van der Waals surface area contributed by atoms with Gasteiger partial charge in [0.2, 0.25) is 0 Å². The summed E-state index contributed by atoms with van der Waals surface area (Å²) in [6.45, 7) is 3.04. The molecule has 0 aromatic heterocycles. The van der Waals surface area contributed by atoms with Crippen LogP contribution in [-0.2, 0) is 6.54 Å². The van der Waals surface area contributed by atoms with Crippen molar-refractivity contribution in [1.29, 1.82) is 0 Å². The number of rotatable bonds is 4. The number of hydrogen-bond acceptors (Lipinski definition) is 3. The molecule has 0 saturated heterocycles. The van der Waals surface area contributed by atoms with Crippen LogP contribution in [0.1, 0.15) is 38.2 Å². The van der Waals surface area contributed by atoms with Crippen molar-refractivity contribution in [3.63, 3.8) is 0 Å². The van der Waals surface area contributed by atoms with Gasteiger partial charge in [0.15, 0.2) is 0 Å². The van der Waals surface area contributed by atoms with Crippen molar-refractivity contribution in [2.45, 2.75) is 45.2 Å². The SMILES string of the molecule is CC1CCC(N(C)Cc2ccc(Cl)c([N+](=O)[O-])c2)CC1. The summed E-state index contributed by atoms with van der Waals surface area (Å²) < 4.78 is 0. The van der Waals surface area contributed by atoms with Gasteiger partial charge in [0.1, 0.15) is 5.02 Å². The Bertz CT molecular complexity index is 485. The lowest BCUT2D eigenvalue weighted by Crippen LogP contribution is -2.34. The molecule has 20 heavy (non-hydrogen) atoms. The molecule has 1 aliphatic carbocycles. The maximum absolute atomic E-state index is 10.9. The number of nitro benzene ring substituents is 1. The maximum atomic E-state index is 10.9. The summed E-state index contributed by atoms with van der Waals surface area (Å²) in [6, 6.07) is 5.66. The molecule has 1 aliphatic rings. The van der Waals surface area contributed by atoms with Gasteiger partial charge in [-0.05, 0) is 50.3 Å². The van der Waals surface area contributed by atoms with Crippen molar-refractivity contribution < 1.29 is 4.92 Å². The lowest BCUT2D eigenvalue weighted by molar-refractivity contribution is -0.384. The highest BCUT2D eigenvalue weighted by molar-refractivity contribution is 6.32. The molecule has 0 unspecified atom stereocenters. The molecule has 4 nitrogen and oxygen atoms in total. The molecule has 0 bridgehead atoms. The average Bonchev–Trinajstić information content (AvgIpc) is 2.41. The van der Waals surface area contributed by atoms with Gasteiger partial charge < -0.3 is 0 Å². The molecule has 1 aromatic rings. The van der Waals surface area contributed by atoms with E-state index >= 15 is 0 Å². The predicted molar refractivity (Wildman–Crippen MR) is 81.0 cm³/mol. The summed E-state index contributed by atoms with van der Waals surface area (Å²) in [6.07, 6.45) is 4.98. The molecule has 0 atom stereocenters. The lowest BCUT2D eigenvalue weighted by atomic mass is 9.86. The van der Waals surface area contributed by atoms with Gasteiger partial charge in [-0.1, -0.05) is 24.6 Å². The zero-order valence-electron chi connectivity index (χ0n) is 12.0. The van der Waals surface area contributed by atoms with Gasteiger partial charge in [-0.2, -0.15) is 0 Å². The zero-order valence-corrected chi connectivity index (χ0v) is 12.8. The van der Waals surface area contributed by atoms with E-state index in [0.29, 0.717) is 6.04 Å². The average molecular weight is 297 g/mol. The monoisotopic (exact) mass is 296 g/mol. The number of benzene rings is 1. The number of nitro groups is 1. The third-order valence-electron chi connectivity index (χ3n) is 4.25. The number of hydrogen-bond donors (Lipinski definition) is 0. The first-order chi connectivity index (χ1) is 9.47. The largest absolute Gasteiger partial charge is 0.299 e.